The lowest BCUT2D eigenvalue weighted by molar-refractivity contribution is 0.0792. The van der Waals surface area contributed by atoms with Gasteiger partial charge in [0.05, 0.1) is 32.0 Å². The Labute approximate surface area is 483 Å². The highest BCUT2D eigenvalue weighted by Gasteiger charge is 2.36. The highest BCUT2D eigenvalue weighted by Crippen LogP contribution is 2.41. The van der Waals surface area contributed by atoms with Crippen LogP contribution in [0.3, 0.4) is 0 Å². The number of hydrogen-bond donors (Lipinski definition) is 2. The molecule has 2 aromatic carbocycles. The first-order valence-corrected chi connectivity index (χ1v) is 34.8. The summed E-state index contributed by atoms with van der Waals surface area (Å²) < 4.78 is 98.9. The van der Waals surface area contributed by atoms with Crippen molar-refractivity contribution >= 4 is 66.0 Å². The molecule has 19 nitrogen and oxygen atoms in total. The van der Waals surface area contributed by atoms with Crippen LogP contribution in [0.4, 0.5) is 26.1 Å². The third-order valence-electron chi connectivity index (χ3n) is 14.3. The summed E-state index contributed by atoms with van der Waals surface area (Å²) in [6.45, 7) is 15.8. The second-order valence-corrected chi connectivity index (χ2v) is 32.6. The number of amidine groups is 1. The van der Waals surface area contributed by atoms with Crippen molar-refractivity contribution in [2.24, 2.45) is 10.1 Å². The van der Waals surface area contributed by atoms with E-state index in [1.165, 1.54) is 79.6 Å². The molecule has 1 aliphatic carbocycles. The van der Waals surface area contributed by atoms with Crippen molar-refractivity contribution in [3.05, 3.63) is 83.7 Å². The lowest BCUT2D eigenvalue weighted by Crippen LogP contribution is -2.46. The SMILES string of the molecule is CN(C)C1CCCCC1.COc1cc(-c2cc(F)cc(C(C)C)c2N=C2CC(S(=O)(=O)N3CCC(N(C)C)CC3)=NN2)ccn1.COc1cc(-c2cc(F)cc(C(C)C)c2Nc2nc(S(=O)(=O)Cl)nn2COCC[Si](C)(C)C)ccn1. The molecule has 5 heterocycles. The van der Waals surface area contributed by atoms with Gasteiger partial charge in [0.15, 0.2) is 5.04 Å². The van der Waals surface area contributed by atoms with Gasteiger partial charge in [0.25, 0.3) is 24.2 Å². The van der Waals surface area contributed by atoms with E-state index in [0.29, 0.717) is 88.1 Å². The number of halogens is 3. The standard InChI is InChI=1S/C25H33FN6O3S.C23H31ClFN5O4SSi.C8H17N/c1-16(2)20-13-18(26)14-21(17-6-9-27-23(12-17)35-5)25(20)28-22-15-24(30-29-22)36(33,34)32-10-7-19(8-11-32)31(3)4;1-15(2)18-12-17(25)13-19(16-7-8-26-20(11-16)33-3)21(18)27-22-28-23(35(24,31)32)29-30(22)14-34-9-10-36(4,5)6;1-9(2)8-6-4-3-5-7-8/h6,9,12-14,16,19H,7-8,10-11,15H2,1-5H3,(H,28,29);7-8,11-13,15H,9-10,14H2,1-6H3,(H,27,28,29);8H,3-7H2,1-2H3. The quantitative estimate of drug-likeness (QED) is 0.0475. The van der Waals surface area contributed by atoms with Crippen LogP contribution in [0.5, 0.6) is 11.8 Å². The van der Waals surface area contributed by atoms with Crippen LogP contribution in [0, 0.1) is 11.6 Å². The minimum atomic E-state index is -4.20. The Kier molecular flexibility index (Phi) is 22.9. The van der Waals surface area contributed by atoms with Gasteiger partial charge in [-0.1, -0.05) is 66.6 Å². The molecule has 8 rings (SSSR count). The van der Waals surface area contributed by atoms with Gasteiger partial charge in [0.1, 0.15) is 24.2 Å². The summed E-state index contributed by atoms with van der Waals surface area (Å²) in [6, 6.07) is 14.8. The van der Waals surface area contributed by atoms with Crippen molar-refractivity contribution < 1.29 is 39.8 Å². The average molecular weight is 1200 g/mol. The first kappa shape index (κ1) is 64.7. The molecule has 25 heteroatoms. The smallest absolute Gasteiger partial charge is 0.298 e. The molecular formula is C56H81ClF2N12O7S2Si. The number of sulfonamides is 1. The number of aliphatic imine (C=N–C) groups is 1. The zero-order valence-corrected chi connectivity index (χ0v) is 52.4. The number of aromatic nitrogens is 5. The number of methoxy groups -OCH3 is 2. The van der Waals surface area contributed by atoms with Gasteiger partial charge in [-0.15, -0.1) is 5.10 Å². The predicted octanol–water partition coefficient (Wildman–Crippen LogP) is 11.2. The van der Waals surface area contributed by atoms with E-state index in [0.717, 1.165) is 24.9 Å². The molecule has 2 N–H and O–H groups in total. The van der Waals surface area contributed by atoms with Gasteiger partial charge in [-0.3, -0.25) is 5.43 Å². The second kappa shape index (κ2) is 28.7. The first-order chi connectivity index (χ1) is 38.2. The molecule has 0 amide bonds. The van der Waals surface area contributed by atoms with Gasteiger partial charge in [0, 0.05) is 86.2 Å². The van der Waals surface area contributed by atoms with E-state index in [4.69, 9.17) is 29.9 Å². The number of rotatable bonds is 18. The van der Waals surface area contributed by atoms with Crippen molar-refractivity contribution in [1.29, 1.82) is 0 Å². The summed E-state index contributed by atoms with van der Waals surface area (Å²) in [4.78, 5) is 21.6. The number of ether oxygens (including phenoxy) is 3. The maximum Gasteiger partial charge on any atom is 0.298 e. The number of nitrogens with zero attached hydrogens (tertiary/aromatic N) is 10. The summed E-state index contributed by atoms with van der Waals surface area (Å²) in [5, 5.41) is 10.8. The van der Waals surface area contributed by atoms with Crippen LogP contribution in [-0.4, -0.2) is 149 Å². The van der Waals surface area contributed by atoms with Crippen molar-refractivity contribution in [2.75, 3.05) is 67.4 Å². The van der Waals surface area contributed by atoms with Gasteiger partial charge < -0.3 is 29.3 Å². The lowest BCUT2D eigenvalue weighted by atomic mass is 9.94. The van der Waals surface area contributed by atoms with Crippen LogP contribution in [0.15, 0.2) is 76.2 Å². The van der Waals surface area contributed by atoms with Crippen LogP contribution in [-0.2, 0) is 30.5 Å². The van der Waals surface area contributed by atoms with E-state index >= 15 is 0 Å². The maximum absolute atomic E-state index is 14.7. The minimum Gasteiger partial charge on any atom is -0.481 e. The number of nitrogens with one attached hydrogen (secondary N) is 2. The number of pyridine rings is 2. The molecule has 2 fully saturated rings. The van der Waals surface area contributed by atoms with Crippen LogP contribution < -0.4 is 20.2 Å². The molecule has 444 valence electrons. The number of piperidine rings is 1. The van der Waals surface area contributed by atoms with E-state index in [2.05, 4.69) is 79.4 Å². The molecule has 1 saturated carbocycles. The Morgan fingerprint density at radius 3 is 1.85 bits per heavy atom. The third-order valence-corrected chi connectivity index (χ3v) is 18.9. The van der Waals surface area contributed by atoms with E-state index in [1.807, 2.05) is 41.8 Å². The van der Waals surface area contributed by atoms with Crippen LogP contribution in [0.25, 0.3) is 22.3 Å². The molecule has 0 spiro atoms. The third kappa shape index (κ3) is 18.0. The molecule has 3 aromatic heterocycles. The Morgan fingerprint density at radius 1 is 0.790 bits per heavy atom. The van der Waals surface area contributed by atoms with E-state index in [-0.39, 0.29) is 41.8 Å². The molecule has 3 aliphatic rings. The van der Waals surface area contributed by atoms with Crippen LogP contribution in [0.2, 0.25) is 25.7 Å². The summed E-state index contributed by atoms with van der Waals surface area (Å²) in [6.07, 6.45) is 12.0. The molecule has 2 aliphatic heterocycles. The number of anilines is 2. The fourth-order valence-corrected chi connectivity index (χ4v) is 12.3. The van der Waals surface area contributed by atoms with E-state index < -0.39 is 38.1 Å². The monoisotopic (exact) mass is 1200 g/mol. The van der Waals surface area contributed by atoms with Gasteiger partial charge >= 0.3 is 0 Å². The van der Waals surface area contributed by atoms with E-state index in [9.17, 15) is 25.6 Å². The first-order valence-electron chi connectivity index (χ1n) is 27.3. The summed E-state index contributed by atoms with van der Waals surface area (Å²) in [7, 11) is 7.72. The average Bonchev–Trinajstić information content (AvgIpc) is 4.11. The highest BCUT2D eigenvalue weighted by atomic mass is 35.7. The van der Waals surface area contributed by atoms with Crippen LogP contribution in [0.1, 0.15) is 102 Å². The van der Waals surface area contributed by atoms with E-state index in [1.54, 1.807) is 36.7 Å². The molecule has 0 radical (unpaired) electrons. The molecule has 81 heavy (non-hydrogen) atoms. The van der Waals surface area contributed by atoms with Gasteiger partial charge in [-0.05, 0) is 130 Å². The summed E-state index contributed by atoms with van der Waals surface area (Å²) in [5.41, 5.74) is 7.68. The highest BCUT2D eigenvalue weighted by molar-refractivity contribution is 8.13. The predicted molar refractivity (Wildman–Crippen MR) is 321 cm³/mol. The Bertz CT molecular complexity index is 3220. The molecule has 0 bridgehead atoms. The fraction of sp³-hybridized carbons (Fsp3) is 0.536. The maximum atomic E-state index is 14.7. The molecule has 0 unspecified atom stereocenters. The molecule has 5 aromatic rings. The van der Waals surface area contributed by atoms with Crippen LogP contribution >= 0.6 is 10.7 Å². The largest absolute Gasteiger partial charge is 0.481 e. The minimum absolute atomic E-state index is 0.0222. The lowest BCUT2D eigenvalue weighted by Gasteiger charge is -2.34. The number of hydrazone groups is 1. The Hall–Kier alpha value is -5.47. The summed E-state index contributed by atoms with van der Waals surface area (Å²) in [5.74, 6) is 0.352. The number of hydrogen-bond acceptors (Lipinski definition) is 16. The van der Waals surface area contributed by atoms with Crippen molar-refractivity contribution in [3.8, 4) is 34.0 Å². The molecule has 0 atom stereocenters. The molecule has 1 saturated heterocycles. The zero-order chi connectivity index (χ0) is 59.4. The number of benzene rings is 2. The summed E-state index contributed by atoms with van der Waals surface area (Å²) >= 11 is 0. The topological polar surface area (TPSA) is 211 Å². The van der Waals surface area contributed by atoms with Gasteiger partial charge in [0.2, 0.25) is 17.7 Å². The van der Waals surface area contributed by atoms with Crippen molar-refractivity contribution in [2.45, 2.75) is 141 Å². The zero-order valence-electron chi connectivity index (χ0n) is 49.1. The van der Waals surface area contributed by atoms with Gasteiger partial charge in [-0.2, -0.15) is 14.4 Å². The molecular weight excluding hydrogens is 1120 g/mol. The van der Waals surface area contributed by atoms with Crippen molar-refractivity contribution in [3.63, 3.8) is 0 Å². The van der Waals surface area contributed by atoms with Gasteiger partial charge in [-0.25, -0.2) is 45.3 Å². The fourth-order valence-electron chi connectivity index (χ4n) is 9.52. The Morgan fingerprint density at radius 2 is 1.33 bits per heavy atom. The van der Waals surface area contributed by atoms with Crippen molar-refractivity contribution in [1.82, 2.24) is 44.3 Å². The second-order valence-electron chi connectivity index (χ2n) is 22.6. The Balaban J connectivity index is 0.000000226. The normalized spacial score (nSPS) is 16.3.